The van der Waals surface area contributed by atoms with Crippen molar-refractivity contribution in [3.8, 4) is 5.75 Å². The number of nitrogens with zero attached hydrogens (tertiary/aromatic N) is 2. The van der Waals surface area contributed by atoms with E-state index >= 15 is 0 Å². The molecule has 1 aromatic heterocycles. The molecule has 3 aromatic rings. The minimum atomic E-state index is -0.837. The van der Waals surface area contributed by atoms with Crippen LogP contribution in [0, 0.1) is 13.8 Å². The standard InChI is InChI=1S/C24H26N2O3S/c1-16-7-8-18(14-23(27)28)13-22(16)29-12-10-21-17(2)30-24(25-21)26-11-9-19-5-3-4-6-20(19)15-26/h3-8,13H,9-12,14-15H2,1-2H3,(H,27,28). The van der Waals surface area contributed by atoms with Crippen LogP contribution in [0.1, 0.15) is 32.8 Å². The summed E-state index contributed by atoms with van der Waals surface area (Å²) < 4.78 is 5.98. The molecule has 4 rings (SSSR count). The number of thiazole rings is 1. The summed E-state index contributed by atoms with van der Waals surface area (Å²) in [6.07, 6.45) is 1.79. The third kappa shape index (κ3) is 4.65. The Balaban J connectivity index is 1.39. The molecule has 2 heterocycles. The monoisotopic (exact) mass is 422 g/mol. The Bertz CT molecular complexity index is 1060. The lowest BCUT2D eigenvalue weighted by Crippen LogP contribution is -2.30. The molecule has 156 valence electrons. The molecule has 30 heavy (non-hydrogen) atoms. The molecule has 5 nitrogen and oxygen atoms in total. The summed E-state index contributed by atoms with van der Waals surface area (Å²) in [6.45, 7) is 6.52. The zero-order valence-corrected chi connectivity index (χ0v) is 18.2. The highest BCUT2D eigenvalue weighted by Gasteiger charge is 2.20. The van der Waals surface area contributed by atoms with Crippen molar-refractivity contribution in [2.75, 3.05) is 18.1 Å². The van der Waals surface area contributed by atoms with Gasteiger partial charge in [0.25, 0.3) is 0 Å². The van der Waals surface area contributed by atoms with Gasteiger partial charge in [-0.25, -0.2) is 4.98 Å². The average molecular weight is 423 g/mol. The van der Waals surface area contributed by atoms with Crippen molar-refractivity contribution in [3.05, 3.63) is 75.3 Å². The highest BCUT2D eigenvalue weighted by Crippen LogP contribution is 2.30. The van der Waals surface area contributed by atoms with Crippen molar-refractivity contribution in [1.29, 1.82) is 0 Å². The summed E-state index contributed by atoms with van der Waals surface area (Å²) in [4.78, 5) is 19.4. The molecule has 0 atom stereocenters. The number of aryl methyl sites for hydroxylation is 2. The van der Waals surface area contributed by atoms with Crippen LogP contribution in [0.25, 0.3) is 0 Å². The van der Waals surface area contributed by atoms with Gasteiger partial charge in [0.15, 0.2) is 5.13 Å². The van der Waals surface area contributed by atoms with Crippen molar-refractivity contribution in [2.45, 2.75) is 39.7 Å². The molecule has 0 aliphatic carbocycles. The van der Waals surface area contributed by atoms with Gasteiger partial charge in [-0.05, 0) is 48.6 Å². The number of aromatic nitrogens is 1. The Morgan fingerprint density at radius 1 is 1.20 bits per heavy atom. The van der Waals surface area contributed by atoms with E-state index in [4.69, 9.17) is 14.8 Å². The van der Waals surface area contributed by atoms with Gasteiger partial charge in [0.1, 0.15) is 5.75 Å². The molecule has 0 saturated carbocycles. The van der Waals surface area contributed by atoms with E-state index in [1.54, 1.807) is 11.3 Å². The summed E-state index contributed by atoms with van der Waals surface area (Å²) in [5, 5.41) is 10.1. The first-order valence-electron chi connectivity index (χ1n) is 10.2. The first-order valence-corrected chi connectivity index (χ1v) is 11.0. The molecular weight excluding hydrogens is 396 g/mol. The summed E-state index contributed by atoms with van der Waals surface area (Å²) >= 11 is 1.75. The van der Waals surface area contributed by atoms with Crippen LogP contribution in [0.15, 0.2) is 42.5 Å². The van der Waals surface area contributed by atoms with Crippen molar-refractivity contribution < 1.29 is 14.6 Å². The molecule has 0 saturated heterocycles. The van der Waals surface area contributed by atoms with Gasteiger partial charge in [0.05, 0.1) is 18.7 Å². The fraction of sp³-hybridized carbons (Fsp3) is 0.333. The Morgan fingerprint density at radius 2 is 2.00 bits per heavy atom. The van der Waals surface area contributed by atoms with Crippen LogP contribution in [0.2, 0.25) is 0 Å². The number of aliphatic carboxylic acids is 1. The fourth-order valence-electron chi connectivity index (χ4n) is 3.78. The number of rotatable bonds is 7. The Kier molecular flexibility index (Phi) is 6.04. The zero-order valence-electron chi connectivity index (χ0n) is 17.4. The van der Waals surface area contributed by atoms with E-state index in [9.17, 15) is 4.79 Å². The maximum absolute atomic E-state index is 11.0. The SMILES string of the molecule is Cc1ccc(CC(=O)O)cc1OCCc1nc(N2CCc3ccccc3C2)sc1C. The Morgan fingerprint density at radius 3 is 2.80 bits per heavy atom. The topological polar surface area (TPSA) is 62.7 Å². The summed E-state index contributed by atoms with van der Waals surface area (Å²) in [5.74, 6) is -0.0924. The third-order valence-corrected chi connectivity index (χ3v) is 6.56. The lowest BCUT2D eigenvalue weighted by Gasteiger charge is -2.28. The molecule has 6 heteroatoms. The number of hydrogen-bond donors (Lipinski definition) is 1. The second-order valence-electron chi connectivity index (χ2n) is 7.71. The second kappa shape index (κ2) is 8.88. The highest BCUT2D eigenvalue weighted by molar-refractivity contribution is 7.15. The van der Waals surface area contributed by atoms with Gasteiger partial charge in [-0.2, -0.15) is 0 Å². The maximum Gasteiger partial charge on any atom is 0.307 e. The predicted molar refractivity (Wildman–Crippen MR) is 120 cm³/mol. The molecule has 1 aliphatic rings. The molecule has 0 unspecified atom stereocenters. The molecule has 2 aromatic carbocycles. The largest absolute Gasteiger partial charge is 0.493 e. The van der Waals surface area contributed by atoms with Crippen molar-refractivity contribution in [3.63, 3.8) is 0 Å². The quantitative estimate of drug-likeness (QED) is 0.604. The lowest BCUT2D eigenvalue weighted by atomic mass is 10.0. The van der Waals surface area contributed by atoms with E-state index in [0.717, 1.165) is 53.6 Å². The van der Waals surface area contributed by atoms with Crippen LogP contribution >= 0.6 is 11.3 Å². The van der Waals surface area contributed by atoms with Gasteiger partial charge < -0.3 is 14.7 Å². The predicted octanol–water partition coefficient (Wildman–Crippen LogP) is 4.57. The van der Waals surface area contributed by atoms with Crippen LogP contribution in [0.4, 0.5) is 5.13 Å². The van der Waals surface area contributed by atoms with Gasteiger partial charge in [-0.15, -0.1) is 11.3 Å². The summed E-state index contributed by atoms with van der Waals surface area (Å²) in [5.41, 5.74) is 5.66. The first-order chi connectivity index (χ1) is 14.5. The maximum atomic E-state index is 11.0. The van der Waals surface area contributed by atoms with Crippen LogP contribution in [0.5, 0.6) is 5.75 Å². The molecule has 0 spiro atoms. The smallest absolute Gasteiger partial charge is 0.307 e. The number of carbonyl (C=O) groups is 1. The molecule has 0 radical (unpaired) electrons. The average Bonchev–Trinajstić information content (AvgIpc) is 3.10. The number of ether oxygens (including phenoxy) is 1. The third-order valence-electron chi connectivity index (χ3n) is 5.49. The summed E-state index contributed by atoms with van der Waals surface area (Å²) in [7, 11) is 0. The molecular formula is C24H26N2O3S. The molecule has 0 fully saturated rings. The van der Waals surface area contributed by atoms with Crippen LogP contribution in [-0.4, -0.2) is 29.2 Å². The van der Waals surface area contributed by atoms with E-state index in [1.807, 2.05) is 25.1 Å². The van der Waals surface area contributed by atoms with Crippen molar-refractivity contribution in [1.82, 2.24) is 4.98 Å². The van der Waals surface area contributed by atoms with Crippen LogP contribution in [0.3, 0.4) is 0 Å². The van der Waals surface area contributed by atoms with Gasteiger partial charge in [0, 0.05) is 24.4 Å². The molecule has 1 aliphatic heterocycles. The van der Waals surface area contributed by atoms with Crippen LogP contribution in [-0.2, 0) is 30.6 Å². The minimum absolute atomic E-state index is 0.00412. The van der Waals surface area contributed by atoms with Crippen molar-refractivity contribution in [2.24, 2.45) is 0 Å². The van der Waals surface area contributed by atoms with E-state index in [2.05, 4.69) is 36.1 Å². The van der Waals surface area contributed by atoms with E-state index in [1.165, 1.54) is 16.0 Å². The van der Waals surface area contributed by atoms with Crippen LogP contribution < -0.4 is 9.64 Å². The lowest BCUT2D eigenvalue weighted by molar-refractivity contribution is -0.136. The second-order valence-corrected chi connectivity index (χ2v) is 8.89. The van der Waals surface area contributed by atoms with E-state index in [0.29, 0.717) is 6.61 Å². The number of anilines is 1. The van der Waals surface area contributed by atoms with Gasteiger partial charge in [-0.3, -0.25) is 4.79 Å². The first kappa shape index (κ1) is 20.4. The zero-order chi connectivity index (χ0) is 21.1. The van der Waals surface area contributed by atoms with Gasteiger partial charge in [-0.1, -0.05) is 36.4 Å². The minimum Gasteiger partial charge on any atom is -0.493 e. The van der Waals surface area contributed by atoms with Crippen molar-refractivity contribution >= 4 is 22.4 Å². The summed E-state index contributed by atoms with van der Waals surface area (Å²) in [6, 6.07) is 14.2. The number of carboxylic acid groups (broad SMARTS) is 1. The number of fused-ring (bicyclic) bond motifs is 1. The number of hydrogen-bond acceptors (Lipinski definition) is 5. The van der Waals surface area contributed by atoms with E-state index < -0.39 is 5.97 Å². The molecule has 0 bridgehead atoms. The van der Waals surface area contributed by atoms with E-state index in [-0.39, 0.29) is 6.42 Å². The highest BCUT2D eigenvalue weighted by atomic mass is 32.1. The Hall–Kier alpha value is -2.86. The number of carboxylic acids is 1. The van der Waals surface area contributed by atoms with Gasteiger partial charge in [0.2, 0.25) is 0 Å². The normalized spacial score (nSPS) is 13.2. The fourth-order valence-corrected chi connectivity index (χ4v) is 4.76. The number of benzene rings is 2. The molecule has 0 amide bonds. The molecule has 1 N–H and O–H groups in total. The Labute approximate surface area is 181 Å². The van der Waals surface area contributed by atoms with Gasteiger partial charge >= 0.3 is 5.97 Å².